The van der Waals surface area contributed by atoms with Gasteiger partial charge in [-0.15, -0.1) is 16.4 Å². The molecule has 0 aliphatic carbocycles. The number of nitrogens with one attached hydrogen (secondary N) is 2. The number of nitrogens with zero attached hydrogens (tertiary/aromatic N) is 5. The van der Waals surface area contributed by atoms with Crippen molar-refractivity contribution in [2.24, 2.45) is 0 Å². The number of carbonyl (C=O) groups excluding carboxylic acids is 1. The summed E-state index contributed by atoms with van der Waals surface area (Å²) in [6, 6.07) is 1.84. The predicted octanol–water partition coefficient (Wildman–Crippen LogP) is -0.251. The van der Waals surface area contributed by atoms with Crippen LogP contribution in [0, 0.1) is 0 Å². The second kappa shape index (κ2) is 7.43. The van der Waals surface area contributed by atoms with E-state index in [2.05, 4.69) is 31.1 Å². The first-order valence-electron chi connectivity index (χ1n) is 7.37. The Balaban J connectivity index is 1.47. The van der Waals surface area contributed by atoms with Crippen LogP contribution in [0.25, 0.3) is 5.69 Å². The molecule has 2 N–H and O–H groups in total. The monoisotopic (exact) mass is 321 g/mol. The number of piperazine rings is 1. The minimum atomic E-state index is -0.0687. The molecule has 0 unspecified atom stereocenters. The van der Waals surface area contributed by atoms with Crippen LogP contribution in [0.4, 0.5) is 0 Å². The molecule has 1 amide bonds. The summed E-state index contributed by atoms with van der Waals surface area (Å²) in [5.74, 6) is -0.0687. The van der Waals surface area contributed by atoms with Crippen LogP contribution in [0.15, 0.2) is 17.8 Å². The van der Waals surface area contributed by atoms with Crippen LogP contribution < -0.4 is 10.6 Å². The van der Waals surface area contributed by atoms with Crippen LogP contribution in [0.2, 0.25) is 0 Å². The summed E-state index contributed by atoms with van der Waals surface area (Å²) in [4.78, 5) is 15.3. The van der Waals surface area contributed by atoms with Gasteiger partial charge in [-0.25, -0.2) is 0 Å². The summed E-state index contributed by atoms with van der Waals surface area (Å²) in [7, 11) is 0. The number of tetrazole rings is 1. The Morgan fingerprint density at radius 3 is 3.05 bits per heavy atom. The molecule has 0 aromatic carbocycles. The molecule has 0 radical (unpaired) electrons. The van der Waals surface area contributed by atoms with Crippen molar-refractivity contribution < 1.29 is 4.79 Å². The van der Waals surface area contributed by atoms with Gasteiger partial charge in [0.05, 0.1) is 5.69 Å². The van der Waals surface area contributed by atoms with Gasteiger partial charge in [-0.05, 0) is 34.8 Å². The first kappa shape index (κ1) is 15.1. The van der Waals surface area contributed by atoms with Crippen molar-refractivity contribution in [2.75, 3.05) is 39.3 Å². The van der Waals surface area contributed by atoms with E-state index < -0.39 is 0 Å². The van der Waals surface area contributed by atoms with Crippen molar-refractivity contribution in [3.63, 3.8) is 0 Å². The van der Waals surface area contributed by atoms with Crippen LogP contribution in [-0.4, -0.2) is 70.3 Å². The highest BCUT2D eigenvalue weighted by Gasteiger charge is 2.15. The maximum Gasteiger partial charge on any atom is 0.263 e. The van der Waals surface area contributed by atoms with Crippen LogP contribution in [0.3, 0.4) is 0 Å². The van der Waals surface area contributed by atoms with Crippen molar-refractivity contribution in [3.8, 4) is 5.69 Å². The SMILES string of the molecule is O=C(NCCCN1CCNCC1)c1sccc1-n1cnnn1. The van der Waals surface area contributed by atoms with Gasteiger partial charge in [-0.3, -0.25) is 4.79 Å². The van der Waals surface area contributed by atoms with Gasteiger partial charge in [0.1, 0.15) is 11.2 Å². The number of rotatable bonds is 6. The molecule has 2 aromatic rings. The summed E-state index contributed by atoms with van der Waals surface area (Å²) in [5.41, 5.74) is 0.717. The molecule has 0 spiro atoms. The second-order valence-corrected chi connectivity index (χ2v) is 6.01. The highest BCUT2D eigenvalue weighted by Crippen LogP contribution is 2.19. The molecule has 22 heavy (non-hydrogen) atoms. The lowest BCUT2D eigenvalue weighted by Gasteiger charge is -2.27. The number of thiophene rings is 1. The van der Waals surface area contributed by atoms with E-state index in [0.29, 0.717) is 11.4 Å². The molecular formula is C13H19N7OS. The fraction of sp³-hybridized carbons (Fsp3) is 0.538. The van der Waals surface area contributed by atoms with Gasteiger partial charge in [0.15, 0.2) is 0 Å². The average molecular weight is 321 g/mol. The molecule has 3 heterocycles. The summed E-state index contributed by atoms with van der Waals surface area (Å²) in [6.07, 6.45) is 2.44. The highest BCUT2D eigenvalue weighted by molar-refractivity contribution is 7.12. The van der Waals surface area contributed by atoms with E-state index in [1.54, 1.807) is 0 Å². The van der Waals surface area contributed by atoms with E-state index in [1.807, 2.05) is 11.4 Å². The lowest BCUT2D eigenvalue weighted by molar-refractivity contribution is 0.0955. The number of hydrogen-bond acceptors (Lipinski definition) is 7. The Morgan fingerprint density at radius 2 is 2.27 bits per heavy atom. The van der Waals surface area contributed by atoms with Crippen molar-refractivity contribution in [1.29, 1.82) is 0 Å². The molecule has 1 aliphatic rings. The molecule has 1 fully saturated rings. The molecular weight excluding hydrogens is 302 g/mol. The van der Waals surface area contributed by atoms with Crippen LogP contribution in [0.5, 0.6) is 0 Å². The van der Waals surface area contributed by atoms with E-state index >= 15 is 0 Å². The maximum atomic E-state index is 12.3. The fourth-order valence-electron chi connectivity index (χ4n) is 2.44. The molecule has 118 valence electrons. The molecule has 9 heteroatoms. The summed E-state index contributed by atoms with van der Waals surface area (Å²) >= 11 is 1.39. The quantitative estimate of drug-likeness (QED) is 0.713. The van der Waals surface area contributed by atoms with E-state index in [-0.39, 0.29) is 5.91 Å². The predicted molar refractivity (Wildman–Crippen MR) is 83.3 cm³/mol. The Hall–Kier alpha value is -1.84. The van der Waals surface area contributed by atoms with E-state index in [0.717, 1.165) is 44.8 Å². The van der Waals surface area contributed by atoms with Gasteiger partial charge < -0.3 is 15.5 Å². The van der Waals surface area contributed by atoms with Gasteiger partial charge in [-0.2, -0.15) is 4.68 Å². The molecule has 8 nitrogen and oxygen atoms in total. The van der Waals surface area contributed by atoms with Crippen molar-refractivity contribution in [2.45, 2.75) is 6.42 Å². The summed E-state index contributed by atoms with van der Waals surface area (Å²) in [6.45, 7) is 5.97. The van der Waals surface area contributed by atoms with Gasteiger partial charge in [0.25, 0.3) is 5.91 Å². The van der Waals surface area contributed by atoms with Gasteiger partial charge in [-0.1, -0.05) is 0 Å². The summed E-state index contributed by atoms with van der Waals surface area (Å²) in [5, 5.41) is 19.2. The smallest absolute Gasteiger partial charge is 0.263 e. The van der Waals surface area contributed by atoms with Crippen molar-refractivity contribution in [3.05, 3.63) is 22.7 Å². The first-order chi connectivity index (χ1) is 10.8. The topological polar surface area (TPSA) is 88.0 Å². The normalized spacial score (nSPS) is 15.8. The molecule has 0 bridgehead atoms. The Kier molecular flexibility index (Phi) is 5.09. The number of amides is 1. The molecule has 0 atom stereocenters. The van der Waals surface area contributed by atoms with Crippen LogP contribution in [-0.2, 0) is 0 Å². The van der Waals surface area contributed by atoms with Crippen molar-refractivity contribution >= 4 is 17.2 Å². The van der Waals surface area contributed by atoms with Gasteiger partial charge in [0.2, 0.25) is 0 Å². The number of hydrogen-bond donors (Lipinski definition) is 2. The zero-order valence-corrected chi connectivity index (χ0v) is 13.1. The zero-order chi connectivity index (χ0) is 15.2. The maximum absolute atomic E-state index is 12.3. The minimum absolute atomic E-state index is 0.0687. The second-order valence-electron chi connectivity index (χ2n) is 5.09. The Bertz CT molecular complexity index is 591. The Morgan fingerprint density at radius 1 is 1.41 bits per heavy atom. The molecule has 3 rings (SSSR count). The van der Waals surface area contributed by atoms with E-state index in [1.165, 1.54) is 22.3 Å². The third-order valence-corrected chi connectivity index (χ3v) is 4.50. The number of carbonyl (C=O) groups is 1. The van der Waals surface area contributed by atoms with Gasteiger partial charge in [0, 0.05) is 32.7 Å². The Labute approximate surface area is 132 Å². The summed E-state index contributed by atoms with van der Waals surface area (Å²) < 4.78 is 1.51. The van der Waals surface area contributed by atoms with E-state index in [4.69, 9.17) is 0 Å². The molecule has 1 saturated heterocycles. The lowest BCUT2D eigenvalue weighted by atomic mass is 10.3. The van der Waals surface area contributed by atoms with Crippen molar-refractivity contribution in [1.82, 2.24) is 35.7 Å². The fourth-order valence-corrected chi connectivity index (χ4v) is 3.24. The largest absolute Gasteiger partial charge is 0.351 e. The van der Waals surface area contributed by atoms with Crippen LogP contribution >= 0.6 is 11.3 Å². The third kappa shape index (κ3) is 3.67. The van der Waals surface area contributed by atoms with Crippen LogP contribution in [0.1, 0.15) is 16.1 Å². The first-order valence-corrected chi connectivity index (χ1v) is 8.24. The van der Waals surface area contributed by atoms with Gasteiger partial charge >= 0.3 is 0 Å². The number of aromatic nitrogens is 4. The third-order valence-electron chi connectivity index (χ3n) is 3.59. The molecule has 0 saturated carbocycles. The average Bonchev–Trinajstić information content (AvgIpc) is 3.22. The minimum Gasteiger partial charge on any atom is -0.351 e. The molecule has 2 aromatic heterocycles. The standard InChI is InChI=1S/C13H19N7OS/c21-13(15-3-1-6-19-7-4-14-5-8-19)12-11(2-9-22-12)20-10-16-17-18-20/h2,9-10,14H,1,3-8H2,(H,15,21). The lowest BCUT2D eigenvalue weighted by Crippen LogP contribution is -2.44. The molecule has 1 aliphatic heterocycles. The highest BCUT2D eigenvalue weighted by atomic mass is 32.1. The van der Waals surface area contributed by atoms with E-state index in [9.17, 15) is 4.79 Å². The zero-order valence-electron chi connectivity index (χ0n) is 12.2.